The number of hydrogen-bond donors (Lipinski definition) is 3. The van der Waals surface area contributed by atoms with Gasteiger partial charge in [0.25, 0.3) is 5.91 Å². The Bertz CT molecular complexity index is 1270. The van der Waals surface area contributed by atoms with Crippen LogP contribution in [0.5, 0.6) is 0 Å². The number of fused-ring (bicyclic) bond motifs is 1. The third-order valence-corrected chi connectivity index (χ3v) is 7.94. The number of hydrogen-bond acceptors (Lipinski definition) is 5. The summed E-state index contributed by atoms with van der Waals surface area (Å²) in [5.41, 5.74) is 3.55. The summed E-state index contributed by atoms with van der Waals surface area (Å²) in [4.78, 5) is 53.4. The van der Waals surface area contributed by atoms with Crippen LogP contribution >= 0.6 is 0 Å². The predicted molar refractivity (Wildman–Crippen MR) is 144 cm³/mol. The smallest absolute Gasteiger partial charge is 0.319 e. The molecule has 0 radical (unpaired) electrons. The van der Waals surface area contributed by atoms with Crippen LogP contribution in [0.3, 0.4) is 0 Å². The van der Waals surface area contributed by atoms with Crippen LogP contribution in [-0.4, -0.2) is 59.7 Å². The molecule has 2 aromatic rings. The van der Waals surface area contributed by atoms with E-state index < -0.39 is 17.5 Å². The normalized spacial score (nSPS) is 22.2. The fourth-order valence-corrected chi connectivity index (χ4v) is 5.78. The number of urea groups is 1. The first-order valence-corrected chi connectivity index (χ1v) is 13.3. The number of carbonyl (C=O) groups excluding carboxylic acids is 4. The summed E-state index contributed by atoms with van der Waals surface area (Å²) in [5.74, 6) is -0.458. The minimum absolute atomic E-state index is 0.208. The Hall–Kier alpha value is -3.72. The van der Waals surface area contributed by atoms with Gasteiger partial charge in [0.1, 0.15) is 6.04 Å². The average Bonchev–Trinajstić information content (AvgIpc) is 3.19. The first-order valence-electron chi connectivity index (χ1n) is 13.3. The van der Waals surface area contributed by atoms with E-state index in [0.29, 0.717) is 23.6 Å². The maximum Gasteiger partial charge on any atom is 0.319 e. The number of carbonyl (C=O) groups is 4. The molecule has 0 spiro atoms. The van der Waals surface area contributed by atoms with E-state index in [9.17, 15) is 19.2 Å². The minimum Gasteiger partial charge on any atom is -0.329 e. The van der Waals surface area contributed by atoms with Crippen LogP contribution in [0.25, 0.3) is 0 Å². The predicted octanol–water partition coefficient (Wildman–Crippen LogP) is 3.31. The third kappa shape index (κ3) is 5.29. The van der Waals surface area contributed by atoms with E-state index in [0.717, 1.165) is 24.2 Å². The highest BCUT2D eigenvalue weighted by molar-refractivity contribution is 6.05. The Balaban J connectivity index is 1.21. The molecule has 5 rings (SSSR count). The van der Waals surface area contributed by atoms with Gasteiger partial charge in [0.2, 0.25) is 11.8 Å². The molecule has 0 aliphatic carbocycles. The Morgan fingerprint density at radius 2 is 1.82 bits per heavy atom. The van der Waals surface area contributed by atoms with Gasteiger partial charge in [0.05, 0.1) is 5.54 Å². The van der Waals surface area contributed by atoms with E-state index in [1.54, 1.807) is 18.2 Å². The Morgan fingerprint density at radius 3 is 2.53 bits per heavy atom. The molecule has 5 amide bonds. The van der Waals surface area contributed by atoms with E-state index in [1.807, 2.05) is 13.8 Å². The van der Waals surface area contributed by atoms with Gasteiger partial charge in [-0.25, -0.2) is 4.79 Å². The van der Waals surface area contributed by atoms with Crippen LogP contribution in [0.2, 0.25) is 0 Å². The summed E-state index contributed by atoms with van der Waals surface area (Å²) in [6.07, 6.45) is 2.93. The molecule has 9 heteroatoms. The van der Waals surface area contributed by atoms with Crippen LogP contribution in [0.4, 0.5) is 10.5 Å². The number of likely N-dealkylation sites (tertiary alicyclic amines) is 1. The van der Waals surface area contributed by atoms with Crippen molar-refractivity contribution in [2.45, 2.75) is 63.6 Å². The second kappa shape index (κ2) is 10.2. The number of nitrogens with one attached hydrogen (secondary N) is 3. The number of nitrogens with zero attached hydrogens (tertiary/aromatic N) is 2. The second-order valence-corrected chi connectivity index (χ2v) is 11.2. The van der Waals surface area contributed by atoms with Gasteiger partial charge in [-0.3, -0.25) is 19.7 Å². The SMILES string of the molecule is CN1CCCC(c2ccc(C(C)(C)NC(=O)Nc3ccc4c(c3)CN(C3CCC(=O)NC3=O)C4=O)cc2)C1. The maximum atomic E-state index is 12.9. The van der Waals surface area contributed by atoms with Crippen molar-refractivity contribution in [1.29, 1.82) is 0 Å². The highest BCUT2D eigenvalue weighted by Crippen LogP contribution is 2.31. The standard InChI is InChI=1S/C29H35N5O4/c1-29(2,21-8-6-18(7-9-21)19-5-4-14-33(3)16-19)32-28(38)30-22-10-11-23-20(15-22)17-34(27(23)37)24-12-13-25(35)31-26(24)36/h6-11,15,19,24H,4-5,12-14,16-17H2,1-3H3,(H2,30,32,38)(H,31,35,36). The summed E-state index contributed by atoms with van der Waals surface area (Å²) in [5, 5.41) is 8.24. The van der Waals surface area contributed by atoms with Crippen LogP contribution < -0.4 is 16.0 Å². The number of likely N-dealkylation sites (N-methyl/N-ethyl adjacent to an activating group) is 1. The topological polar surface area (TPSA) is 111 Å². The molecule has 3 N–H and O–H groups in total. The van der Waals surface area contributed by atoms with Gasteiger partial charge in [-0.1, -0.05) is 24.3 Å². The molecular formula is C29H35N5O4. The fraction of sp³-hybridized carbons (Fsp3) is 0.448. The van der Waals surface area contributed by atoms with Crippen molar-refractivity contribution in [2.75, 3.05) is 25.5 Å². The zero-order chi connectivity index (χ0) is 27.0. The lowest BCUT2D eigenvalue weighted by Crippen LogP contribution is -2.52. The fourth-order valence-electron chi connectivity index (χ4n) is 5.78. The van der Waals surface area contributed by atoms with Crippen molar-refractivity contribution in [3.8, 4) is 0 Å². The molecule has 2 aromatic carbocycles. The molecule has 2 unspecified atom stereocenters. The van der Waals surface area contributed by atoms with E-state index in [1.165, 1.54) is 23.3 Å². The molecule has 2 fully saturated rings. The van der Waals surface area contributed by atoms with Gasteiger partial charge >= 0.3 is 6.03 Å². The number of amides is 5. The largest absolute Gasteiger partial charge is 0.329 e. The number of imide groups is 1. The molecule has 3 aliphatic heterocycles. The van der Waals surface area contributed by atoms with Crippen molar-refractivity contribution in [3.05, 3.63) is 64.7 Å². The van der Waals surface area contributed by atoms with Crippen molar-refractivity contribution in [2.24, 2.45) is 0 Å². The second-order valence-electron chi connectivity index (χ2n) is 11.2. The lowest BCUT2D eigenvalue weighted by molar-refractivity contribution is -0.136. The Morgan fingerprint density at radius 1 is 1.05 bits per heavy atom. The van der Waals surface area contributed by atoms with Crippen LogP contribution in [-0.2, 0) is 21.7 Å². The summed E-state index contributed by atoms with van der Waals surface area (Å²) >= 11 is 0. The summed E-state index contributed by atoms with van der Waals surface area (Å²) < 4.78 is 0. The molecular weight excluding hydrogens is 482 g/mol. The van der Waals surface area contributed by atoms with Crippen molar-refractivity contribution in [1.82, 2.24) is 20.4 Å². The van der Waals surface area contributed by atoms with Gasteiger partial charge in [-0.15, -0.1) is 0 Å². The number of piperidine rings is 2. The van der Waals surface area contributed by atoms with Crippen molar-refractivity contribution in [3.63, 3.8) is 0 Å². The molecule has 200 valence electrons. The van der Waals surface area contributed by atoms with Gasteiger partial charge in [0.15, 0.2) is 0 Å². The van der Waals surface area contributed by atoms with Crippen LogP contribution in [0, 0.1) is 0 Å². The third-order valence-electron chi connectivity index (χ3n) is 7.94. The molecule has 9 nitrogen and oxygen atoms in total. The van der Waals surface area contributed by atoms with E-state index >= 15 is 0 Å². The van der Waals surface area contributed by atoms with Crippen LogP contribution in [0.15, 0.2) is 42.5 Å². The quantitative estimate of drug-likeness (QED) is 0.527. The van der Waals surface area contributed by atoms with Gasteiger partial charge in [-0.05, 0) is 87.5 Å². The number of anilines is 1. The first-order chi connectivity index (χ1) is 18.1. The number of rotatable bonds is 5. The molecule has 3 aliphatic rings. The van der Waals surface area contributed by atoms with E-state index in [-0.39, 0.29) is 30.8 Å². The summed E-state index contributed by atoms with van der Waals surface area (Å²) in [7, 11) is 2.17. The van der Waals surface area contributed by atoms with Crippen LogP contribution in [0.1, 0.15) is 72.5 Å². The lowest BCUT2D eigenvalue weighted by atomic mass is 9.87. The lowest BCUT2D eigenvalue weighted by Gasteiger charge is -2.31. The van der Waals surface area contributed by atoms with Crippen molar-refractivity contribution >= 4 is 29.4 Å². The molecule has 0 bridgehead atoms. The molecule has 2 atom stereocenters. The highest BCUT2D eigenvalue weighted by atomic mass is 16.2. The zero-order valence-corrected chi connectivity index (χ0v) is 22.2. The van der Waals surface area contributed by atoms with Crippen molar-refractivity contribution < 1.29 is 19.2 Å². The highest BCUT2D eigenvalue weighted by Gasteiger charge is 2.39. The molecule has 3 heterocycles. The maximum absolute atomic E-state index is 12.9. The van der Waals surface area contributed by atoms with E-state index in [4.69, 9.17) is 0 Å². The molecule has 0 aromatic heterocycles. The molecule has 38 heavy (non-hydrogen) atoms. The monoisotopic (exact) mass is 517 g/mol. The van der Waals surface area contributed by atoms with Gasteiger partial charge in [0, 0.05) is 30.8 Å². The molecule has 2 saturated heterocycles. The van der Waals surface area contributed by atoms with Gasteiger partial charge in [-0.2, -0.15) is 0 Å². The average molecular weight is 518 g/mol. The zero-order valence-electron chi connectivity index (χ0n) is 22.2. The molecule has 0 saturated carbocycles. The van der Waals surface area contributed by atoms with E-state index in [2.05, 4.69) is 52.2 Å². The summed E-state index contributed by atoms with van der Waals surface area (Å²) in [6.45, 7) is 6.41. The number of benzene rings is 2. The first kappa shape index (κ1) is 25.9. The summed E-state index contributed by atoms with van der Waals surface area (Å²) in [6, 6.07) is 12.6. The Labute approximate surface area is 222 Å². The Kier molecular flexibility index (Phi) is 6.96. The minimum atomic E-state index is -0.668. The van der Waals surface area contributed by atoms with Gasteiger partial charge < -0.3 is 20.4 Å².